The molecule has 0 saturated carbocycles. The number of aliphatic hydroxyl groups is 15. The lowest BCUT2D eigenvalue weighted by Crippen LogP contribution is -2.71. The van der Waals surface area contributed by atoms with Gasteiger partial charge in [0.25, 0.3) is 0 Å². The molecule has 5 rings (SSSR count). The molecule has 23 nitrogen and oxygen atoms in total. The van der Waals surface area contributed by atoms with Crippen molar-refractivity contribution in [1.82, 2.24) is 10.6 Å². The molecule has 1 aliphatic carbocycles. The van der Waals surface area contributed by atoms with E-state index in [2.05, 4.69) is 10.6 Å². The summed E-state index contributed by atoms with van der Waals surface area (Å²) in [5, 5.41) is 163. The maximum atomic E-state index is 11.1. The van der Waals surface area contributed by atoms with Crippen LogP contribution >= 0.6 is 0 Å². The fourth-order valence-electron chi connectivity index (χ4n) is 7.90. The molecular weight excluding hydrogens is 760 g/mol. The van der Waals surface area contributed by atoms with E-state index in [9.17, 15) is 76.6 Å². The van der Waals surface area contributed by atoms with Crippen LogP contribution in [0.15, 0.2) is 11.6 Å². The minimum atomic E-state index is -1.85. The molecule has 0 bridgehead atoms. The van der Waals surface area contributed by atoms with Crippen LogP contribution in [-0.4, -0.2) is 256 Å². The summed E-state index contributed by atoms with van der Waals surface area (Å²) in [4.78, 5) is 0. The van der Waals surface area contributed by atoms with Gasteiger partial charge >= 0.3 is 0 Å². The molecule has 4 heterocycles. The Hall–Kier alpha value is -1.18. The number of hydrogen-bond acceptors (Lipinski definition) is 23. The Kier molecular flexibility index (Phi) is 16.0. The number of hydrogen-bond donors (Lipinski definition) is 17. The van der Waals surface area contributed by atoms with Gasteiger partial charge in [0.1, 0.15) is 104 Å². The molecule has 0 spiro atoms. The molecule has 4 saturated heterocycles. The van der Waals surface area contributed by atoms with Crippen LogP contribution < -0.4 is 10.6 Å². The Labute approximate surface area is 320 Å². The average molecular weight is 819 g/mol. The van der Waals surface area contributed by atoms with Crippen LogP contribution in [0.25, 0.3) is 0 Å². The molecular formula is C33H58N2O21. The van der Waals surface area contributed by atoms with Crippen LogP contribution in [0, 0.1) is 0 Å². The highest BCUT2D eigenvalue weighted by Gasteiger charge is 2.52. The first kappa shape index (κ1) is 45.9. The molecule has 23 heteroatoms. The molecule has 0 aromatic heterocycles. The van der Waals surface area contributed by atoms with Gasteiger partial charge in [-0.2, -0.15) is 0 Å². The Bertz CT molecular complexity index is 1270. The maximum Gasteiger partial charge on any atom is 0.187 e. The van der Waals surface area contributed by atoms with Gasteiger partial charge in [-0.25, -0.2) is 0 Å². The van der Waals surface area contributed by atoms with Crippen molar-refractivity contribution in [3.63, 3.8) is 0 Å². The lowest BCUT2D eigenvalue weighted by atomic mass is 9.86. The highest BCUT2D eigenvalue weighted by atomic mass is 16.7. The van der Waals surface area contributed by atoms with Gasteiger partial charge in [0.15, 0.2) is 6.29 Å². The molecule has 24 unspecified atom stereocenters. The summed E-state index contributed by atoms with van der Waals surface area (Å²) in [6.07, 6.45) is -29.8. The van der Waals surface area contributed by atoms with E-state index in [-0.39, 0.29) is 5.57 Å². The molecule has 326 valence electrons. The summed E-state index contributed by atoms with van der Waals surface area (Å²) < 4.78 is 33.8. The monoisotopic (exact) mass is 818 g/mol. The minimum Gasteiger partial charge on any atom is -0.394 e. The molecule has 4 aliphatic heterocycles. The standard InChI is InChI=1S/C33H58N2O21/c1-9-17(23(44)28(49)32(53-9)35-18-13(5-37)52-10(2)19(40)24(18)45)34-12-3-11(4-36)30(26(47)20(12)41)51-8-16-22(43)27(48)31(15(7-39)54-16)56-33-29(50)25(46)21(42)14(6-38)55-33/h3,9-10,12-50H,4-8H2,1-2H3. The third kappa shape index (κ3) is 9.25. The van der Waals surface area contributed by atoms with Crippen molar-refractivity contribution in [2.24, 2.45) is 0 Å². The smallest absolute Gasteiger partial charge is 0.187 e. The summed E-state index contributed by atoms with van der Waals surface area (Å²) >= 11 is 0. The first-order valence-corrected chi connectivity index (χ1v) is 18.5. The Morgan fingerprint density at radius 3 is 1.79 bits per heavy atom. The minimum absolute atomic E-state index is 0.0433. The molecule has 5 aliphatic rings. The Morgan fingerprint density at radius 1 is 0.536 bits per heavy atom. The summed E-state index contributed by atoms with van der Waals surface area (Å²) in [7, 11) is 0. The zero-order valence-electron chi connectivity index (χ0n) is 30.6. The first-order valence-electron chi connectivity index (χ1n) is 18.5. The van der Waals surface area contributed by atoms with Crippen molar-refractivity contribution < 1.29 is 105 Å². The van der Waals surface area contributed by atoms with E-state index in [1.807, 2.05) is 0 Å². The van der Waals surface area contributed by atoms with E-state index >= 15 is 0 Å². The van der Waals surface area contributed by atoms with E-state index in [0.717, 1.165) is 0 Å². The molecule has 4 fully saturated rings. The molecule has 17 N–H and O–H groups in total. The molecule has 0 amide bonds. The highest BCUT2D eigenvalue weighted by Crippen LogP contribution is 2.32. The SMILES string of the molecule is CC1OC(CO)C(NC2OC(C)C(NC3C=C(CO)C(OCC4OC(CO)C(OC5OC(CO)C(O)C(O)C5O)C(O)C4O)C(O)C3O)C(O)C2O)C(O)C1O. The fourth-order valence-corrected chi connectivity index (χ4v) is 7.90. The van der Waals surface area contributed by atoms with Gasteiger partial charge in [-0.3, -0.25) is 5.32 Å². The van der Waals surface area contributed by atoms with Gasteiger partial charge in [0, 0.05) is 0 Å². The van der Waals surface area contributed by atoms with Gasteiger partial charge in [-0.05, 0) is 19.4 Å². The van der Waals surface area contributed by atoms with Gasteiger partial charge in [-0.1, -0.05) is 6.08 Å². The largest absolute Gasteiger partial charge is 0.394 e. The normalized spacial score (nSPS) is 51.8. The van der Waals surface area contributed by atoms with E-state index in [4.69, 9.17) is 28.4 Å². The summed E-state index contributed by atoms with van der Waals surface area (Å²) in [6.45, 7) is -0.324. The number of nitrogens with one attached hydrogen (secondary N) is 2. The van der Waals surface area contributed by atoms with Gasteiger partial charge < -0.3 is 110 Å². The van der Waals surface area contributed by atoms with Crippen LogP contribution in [0.5, 0.6) is 0 Å². The molecule has 56 heavy (non-hydrogen) atoms. The second-order valence-electron chi connectivity index (χ2n) is 15.0. The third-order valence-corrected chi connectivity index (χ3v) is 11.3. The third-order valence-electron chi connectivity index (χ3n) is 11.3. The lowest BCUT2D eigenvalue weighted by molar-refractivity contribution is -0.343. The van der Waals surface area contributed by atoms with E-state index in [1.165, 1.54) is 19.9 Å². The fraction of sp³-hybridized carbons (Fsp3) is 0.939. The topological polar surface area (TPSA) is 383 Å². The lowest BCUT2D eigenvalue weighted by Gasteiger charge is -2.48. The quantitative estimate of drug-likeness (QED) is 0.0767. The second-order valence-corrected chi connectivity index (χ2v) is 15.0. The Morgan fingerprint density at radius 2 is 1.16 bits per heavy atom. The van der Waals surface area contributed by atoms with Gasteiger partial charge in [-0.15, -0.1) is 0 Å². The highest BCUT2D eigenvalue weighted by molar-refractivity contribution is 5.23. The summed E-state index contributed by atoms with van der Waals surface area (Å²) in [6, 6.07) is -3.34. The van der Waals surface area contributed by atoms with Crippen molar-refractivity contribution in [2.45, 2.75) is 160 Å². The van der Waals surface area contributed by atoms with Crippen LogP contribution in [-0.2, 0) is 28.4 Å². The van der Waals surface area contributed by atoms with Crippen LogP contribution in [0.3, 0.4) is 0 Å². The maximum absolute atomic E-state index is 11.1. The van der Waals surface area contributed by atoms with Crippen molar-refractivity contribution in [3.8, 4) is 0 Å². The van der Waals surface area contributed by atoms with E-state index in [1.54, 1.807) is 0 Å². The average Bonchev–Trinajstić information content (AvgIpc) is 3.18. The molecule has 0 aromatic carbocycles. The zero-order valence-corrected chi connectivity index (χ0v) is 30.6. The van der Waals surface area contributed by atoms with Crippen molar-refractivity contribution >= 4 is 0 Å². The molecule has 0 aromatic rings. The number of ether oxygens (including phenoxy) is 6. The number of rotatable bonds is 13. The van der Waals surface area contributed by atoms with Crippen molar-refractivity contribution in [2.75, 3.05) is 33.0 Å². The summed E-state index contributed by atoms with van der Waals surface area (Å²) in [5.41, 5.74) is 0.0433. The van der Waals surface area contributed by atoms with E-state index in [0.29, 0.717) is 0 Å². The van der Waals surface area contributed by atoms with Crippen molar-refractivity contribution in [1.29, 1.82) is 0 Å². The van der Waals surface area contributed by atoms with Crippen molar-refractivity contribution in [3.05, 3.63) is 11.6 Å². The second kappa shape index (κ2) is 19.5. The van der Waals surface area contributed by atoms with Gasteiger partial charge in [0.2, 0.25) is 0 Å². The van der Waals surface area contributed by atoms with Crippen LogP contribution in [0.2, 0.25) is 0 Å². The summed E-state index contributed by atoms with van der Waals surface area (Å²) in [5.74, 6) is 0. The first-order chi connectivity index (χ1) is 26.5. The molecule has 0 radical (unpaired) electrons. The van der Waals surface area contributed by atoms with Crippen LogP contribution in [0.1, 0.15) is 13.8 Å². The van der Waals surface area contributed by atoms with Crippen LogP contribution in [0.4, 0.5) is 0 Å². The molecule has 24 atom stereocenters. The number of aliphatic hydroxyl groups excluding tert-OH is 15. The predicted molar refractivity (Wildman–Crippen MR) is 181 cm³/mol. The van der Waals surface area contributed by atoms with E-state index < -0.39 is 180 Å². The predicted octanol–water partition coefficient (Wildman–Crippen LogP) is -10.1. The van der Waals surface area contributed by atoms with Gasteiger partial charge in [0.05, 0.1) is 69.5 Å². The Balaban J connectivity index is 1.20. The zero-order chi connectivity index (χ0) is 41.3.